The predicted octanol–water partition coefficient (Wildman–Crippen LogP) is 2.75. The van der Waals surface area contributed by atoms with Crippen molar-refractivity contribution >= 4 is 11.6 Å². The minimum atomic E-state index is 0.0764. The topological polar surface area (TPSA) is 69.1 Å². The van der Waals surface area contributed by atoms with Crippen LogP contribution in [0.4, 0.5) is 5.69 Å². The van der Waals surface area contributed by atoms with Crippen molar-refractivity contribution in [1.29, 1.82) is 0 Å². The molecule has 16 heavy (non-hydrogen) atoms. The maximum Gasteiger partial charge on any atom is 0.254 e. The molecule has 0 spiro atoms. The van der Waals surface area contributed by atoms with Crippen LogP contribution in [-0.4, -0.2) is 16.8 Å². The summed E-state index contributed by atoms with van der Waals surface area (Å²) in [6.07, 6.45) is 2.19. The Kier molecular flexibility index (Phi) is 1.88. The van der Waals surface area contributed by atoms with Crippen LogP contribution in [0.25, 0.3) is 10.4 Å². The Morgan fingerprint density at radius 1 is 1.44 bits per heavy atom. The molecule has 0 atom stereocenters. The van der Waals surface area contributed by atoms with Crippen molar-refractivity contribution in [3.63, 3.8) is 0 Å². The molecule has 1 aromatic carbocycles. The van der Waals surface area contributed by atoms with Crippen LogP contribution in [0.5, 0.6) is 0 Å². The van der Waals surface area contributed by atoms with E-state index in [2.05, 4.69) is 10.0 Å². The first kappa shape index (κ1) is 9.24. The van der Waals surface area contributed by atoms with Gasteiger partial charge in [0, 0.05) is 28.7 Å². The normalized spacial score (nSPS) is 18.2. The van der Waals surface area contributed by atoms with Gasteiger partial charge >= 0.3 is 0 Å². The third-order valence-corrected chi connectivity index (χ3v) is 3.11. The van der Waals surface area contributed by atoms with Crippen LogP contribution < -0.4 is 0 Å². The molecule has 0 aromatic heterocycles. The van der Waals surface area contributed by atoms with E-state index >= 15 is 0 Å². The largest absolute Gasteiger partial charge is 0.331 e. The van der Waals surface area contributed by atoms with Gasteiger partial charge in [0.25, 0.3) is 5.91 Å². The number of fused-ring (bicyclic) bond motifs is 1. The molecule has 0 radical (unpaired) electrons. The van der Waals surface area contributed by atoms with Gasteiger partial charge in [-0.25, -0.2) is 0 Å². The van der Waals surface area contributed by atoms with Gasteiger partial charge in [-0.05, 0) is 30.0 Å². The van der Waals surface area contributed by atoms with Crippen LogP contribution >= 0.6 is 0 Å². The van der Waals surface area contributed by atoms with Gasteiger partial charge in [0.1, 0.15) is 0 Å². The standard InChI is InChI=1S/C11H10N4O/c12-14-13-10-3-1-2-8-9(10)6-15(11(8)16)7-4-5-7/h1-3,7H,4-6H2. The number of rotatable bonds is 2. The highest BCUT2D eigenvalue weighted by atomic mass is 16.2. The molecule has 1 saturated carbocycles. The molecule has 1 aliphatic carbocycles. The van der Waals surface area contributed by atoms with Crippen molar-refractivity contribution in [3.8, 4) is 0 Å². The Labute approximate surface area is 92.3 Å². The minimum absolute atomic E-state index is 0.0764. The summed E-state index contributed by atoms with van der Waals surface area (Å²) in [4.78, 5) is 16.7. The van der Waals surface area contributed by atoms with Gasteiger partial charge in [0.2, 0.25) is 0 Å². The molecular formula is C11H10N4O. The number of carbonyl (C=O) groups is 1. The Hall–Kier alpha value is -2.00. The van der Waals surface area contributed by atoms with Crippen molar-refractivity contribution in [2.45, 2.75) is 25.4 Å². The van der Waals surface area contributed by atoms with Crippen molar-refractivity contribution in [3.05, 3.63) is 39.8 Å². The van der Waals surface area contributed by atoms with Gasteiger partial charge in [-0.3, -0.25) is 4.79 Å². The Bertz CT molecular complexity index is 515. The first-order chi connectivity index (χ1) is 7.81. The van der Waals surface area contributed by atoms with Gasteiger partial charge in [-0.2, -0.15) is 0 Å². The second-order valence-electron chi connectivity index (χ2n) is 4.16. The van der Waals surface area contributed by atoms with E-state index in [1.807, 2.05) is 4.90 Å². The van der Waals surface area contributed by atoms with E-state index in [1.165, 1.54) is 0 Å². The summed E-state index contributed by atoms with van der Waals surface area (Å²) in [6.45, 7) is 0.591. The fourth-order valence-electron chi connectivity index (χ4n) is 2.16. The highest BCUT2D eigenvalue weighted by molar-refractivity contribution is 6.00. The number of amides is 1. The number of hydrogen-bond acceptors (Lipinski definition) is 2. The fourth-order valence-corrected chi connectivity index (χ4v) is 2.16. The van der Waals surface area contributed by atoms with Gasteiger partial charge < -0.3 is 4.90 Å². The molecule has 0 saturated heterocycles. The average Bonchev–Trinajstić information content (AvgIpc) is 3.06. The lowest BCUT2D eigenvalue weighted by molar-refractivity contribution is 0.0767. The third-order valence-electron chi connectivity index (χ3n) is 3.11. The van der Waals surface area contributed by atoms with Crippen molar-refractivity contribution in [2.24, 2.45) is 5.11 Å². The third kappa shape index (κ3) is 1.26. The smallest absolute Gasteiger partial charge is 0.254 e. The number of carbonyl (C=O) groups excluding carboxylic acids is 1. The highest BCUT2D eigenvalue weighted by Crippen LogP contribution is 2.37. The molecule has 5 nitrogen and oxygen atoms in total. The summed E-state index contributed by atoms with van der Waals surface area (Å²) < 4.78 is 0. The molecule has 0 N–H and O–H groups in total. The lowest BCUT2D eigenvalue weighted by atomic mass is 10.1. The van der Waals surface area contributed by atoms with Gasteiger partial charge in [0.05, 0.1) is 0 Å². The zero-order valence-corrected chi connectivity index (χ0v) is 8.63. The van der Waals surface area contributed by atoms with Crippen molar-refractivity contribution in [1.82, 2.24) is 4.90 Å². The van der Waals surface area contributed by atoms with Gasteiger partial charge in [-0.1, -0.05) is 17.2 Å². The van der Waals surface area contributed by atoms with Crippen molar-refractivity contribution < 1.29 is 4.79 Å². The van der Waals surface area contributed by atoms with Crippen LogP contribution in [0.15, 0.2) is 23.3 Å². The molecular weight excluding hydrogens is 204 g/mol. The van der Waals surface area contributed by atoms with Gasteiger partial charge in [0.15, 0.2) is 0 Å². The van der Waals surface area contributed by atoms with Crippen LogP contribution in [-0.2, 0) is 6.54 Å². The molecule has 5 heteroatoms. The Morgan fingerprint density at radius 2 is 2.25 bits per heavy atom. The molecule has 1 amide bonds. The molecule has 0 unspecified atom stereocenters. The number of hydrogen-bond donors (Lipinski definition) is 0. The van der Waals surface area contributed by atoms with E-state index in [9.17, 15) is 4.79 Å². The maximum absolute atomic E-state index is 12.0. The predicted molar refractivity (Wildman–Crippen MR) is 58.1 cm³/mol. The summed E-state index contributed by atoms with van der Waals surface area (Å²) in [5.74, 6) is 0.0764. The Balaban J connectivity index is 2.06. The van der Waals surface area contributed by atoms with Crippen LogP contribution in [0, 0.1) is 0 Å². The molecule has 1 heterocycles. The summed E-state index contributed by atoms with van der Waals surface area (Å²) in [7, 11) is 0. The first-order valence-corrected chi connectivity index (χ1v) is 5.29. The Morgan fingerprint density at radius 3 is 2.94 bits per heavy atom. The zero-order valence-electron chi connectivity index (χ0n) is 8.63. The van der Waals surface area contributed by atoms with E-state index in [0.717, 1.165) is 18.4 Å². The monoisotopic (exact) mass is 214 g/mol. The van der Waals surface area contributed by atoms with E-state index < -0.39 is 0 Å². The summed E-state index contributed by atoms with van der Waals surface area (Å²) >= 11 is 0. The summed E-state index contributed by atoms with van der Waals surface area (Å²) in [6, 6.07) is 5.72. The molecule has 80 valence electrons. The fraction of sp³-hybridized carbons (Fsp3) is 0.364. The zero-order chi connectivity index (χ0) is 11.1. The minimum Gasteiger partial charge on any atom is -0.331 e. The lowest BCUT2D eigenvalue weighted by Gasteiger charge is -2.13. The first-order valence-electron chi connectivity index (χ1n) is 5.29. The molecule has 3 rings (SSSR count). The second-order valence-corrected chi connectivity index (χ2v) is 4.16. The molecule has 1 fully saturated rings. The number of azide groups is 1. The molecule has 2 aliphatic rings. The average molecular weight is 214 g/mol. The van der Waals surface area contributed by atoms with Crippen molar-refractivity contribution in [2.75, 3.05) is 0 Å². The SMILES string of the molecule is [N-]=[N+]=Nc1cccc2c1CN(C1CC1)C2=O. The highest BCUT2D eigenvalue weighted by Gasteiger charge is 2.38. The molecule has 1 aliphatic heterocycles. The second kappa shape index (κ2) is 3.25. The van der Waals surface area contributed by atoms with Crippen LogP contribution in [0.2, 0.25) is 0 Å². The van der Waals surface area contributed by atoms with Gasteiger partial charge in [-0.15, -0.1) is 0 Å². The summed E-state index contributed by atoms with van der Waals surface area (Å²) in [5.41, 5.74) is 10.6. The van der Waals surface area contributed by atoms with E-state index in [4.69, 9.17) is 5.53 Å². The maximum atomic E-state index is 12.0. The summed E-state index contributed by atoms with van der Waals surface area (Å²) in [5, 5.41) is 3.63. The van der Waals surface area contributed by atoms with E-state index in [0.29, 0.717) is 23.8 Å². The van der Waals surface area contributed by atoms with Crippen LogP contribution in [0.1, 0.15) is 28.8 Å². The van der Waals surface area contributed by atoms with E-state index in [-0.39, 0.29) is 5.91 Å². The lowest BCUT2D eigenvalue weighted by Crippen LogP contribution is -2.25. The van der Waals surface area contributed by atoms with E-state index in [1.54, 1.807) is 18.2 Å². The number of benzene rings is 1. The molecule has 0 bridgehead atoms. The quantitative estimate of drug-likeness (QED) is 0.424. The number of nitrogens with zero attached hydrogens (tertiary/aromatic N) is 4. The van der Waals surface area contributed by atoms with Crippen LogP contribution in [0.3, 0.4) is 0 Å². The molecule has 1 aromatic rings.